The van der Waals surface area contributed by atoms with E-state index in [1.807, 2.05) is 36.4 Å². The molecule has 0 spiro atoms. The van der Waals surface area contributed by atoms with E-state index in [1.54, 1.807) is 0 Å². The van der Waals surface area contributed by atoms with E-state index < -0.39 is 5.97 Å². The van der Waals surface area contributed by atoms with Crippen molar-refractivity contribution in [3.63, 3.8) is 0 Å². The Morgan fingerprint density at radius 1 is 1.14 bits per heavy atom. The van der Waals surface area contributed by atoms with E-state index in [1.165, 1.54) is 11.1 Å². The molecule has 2 rings (SSSR count). The van der Waals surface area contributed by atoms with Gasteiger partial charge in [-0.15, -0.1) is 0 Å². The van der Waals surface area contributed by atoms with E-state index in [-0.39, 0.29) is 6.42 Å². The van der Waals surface area contributed by atoms with Gasteiger partial charge in [-0.3, -0.25) is 4.79 Å². The molecule has 110 valence electrons. The summed E-state index contributed by atoms with van der Waals surface area (Å²) < 4.78 is 0. The molecule has 0 fully saturated rings. The third kappa shape index (κ3) is 4.50. The minimum atomic E-state index is -0.793. The number of aryl methyl sites for hydroxylation is 1. The summed E-state index contributed by atoms with van der Waals surface area (Å²) in [5, 5.41) is 9.60. The van der Waals surface area contributed by atoms with Crippen LogP contribution in [0.2, 0.25) is 5.02 Å². The Bertz CT molecular complexity index is 610. The molecular weight excluding hydrogens is 286 g/mol. The topological polar surface area (TPSA) is 40.5 Å². The minimum absolute atomic E-state index is 0.106. The fraction of sp³-hybridized carbons (Fsp3) is 0.235. The number of halogens is 1. The van der Waals surface area contributed by atoms with Gasteiger partial charge in [0, 0.05) is 23.8 Å². The summed E-state index contributed by atoms with van der Waals surface area (Å²) in [6, 6.07) is 15.6. The van der Waals surface area contributed by atoms with Crippen LogP contribution in [0.25, 0.3) is 0 Å². The van der Waals surface area contributed by atoms with E-state index in [4.69, 9.17) is 16.7 Å². The van der Waals surface area contributed by atoms with Crippen LogP contribution in [0.15, 0.2) is 48.5 Å². The van der Waals surface area contributed by atoms with Gasteiger partial charge in [0.1, 0.15) is 0 Å². The second-order valence-corrected chi connectivity index (χ2v) is 5.40. The quantitative estimate of drug-likeness (QED) is 0.872. The second kappa shape index (κ2) is 7.14. The first-order valence-electron chi connectivity index (χ1n) is 6.83. The molecule has 2 aromatic rings. The number of nitrogens with zero attached hydrogens (tertiary/aromatic N) is 1. The summed E-state index contributed by atoms with van der Waals surface area (Å²) in [5.41, 5.74) is 3.37. The van der Waals surface area contributed by atoms with Crippen molar-refractivity contribution in [2.75, 3.05) is 11.4 Å². The number of carbonyl (C=O) groups is 1. The average Bonchev–Trinajstić information content (AvgIpc) is 2.46. The Hall–Kier alpha value is -2.00. The van der Waals surface area contributed by atoms with Crippen LogP contribution in [0.5, 0.6) is 0 Å². The molecule has 3 nitrogen and oxygen atoms in total. The highest BCUT2D eigenvalue weighted by Crippen LogP contribution is 2.21. The van der Waals surface area contributed by atoms with Gasteiger partial charge in [0.15, 0.2) is 0 Å². The summed E-state index contributed by atoms with van der Waals surface area (Å²) in [4.78, 5) is 12.9. The highest BCUT2D eigenvalue weighted by Gasteiger charge is 2.10. The number of carboxylic acids is 1. The van der Waals surface area contributed by atoms with Crippen LogP contribution in [0, 0.1) is 6.92 Å². The van der Waals surface area contributed by atoms with Gasteiger partial charge in [0.25, 0.3) is 0 Å². The lowest BCUT2D eigenvalue weighted by atomic mass is 10.1. The molecule has 4 heteroatoms. The van der Waals surface area contributed by atoms with Gasteiger partial charge in [0.2, 0.25) is 0 Å². The molecule has 21 heavy (non-hydrogen) atoms. The van der Waals surface area contributed by atoms with Crippen molar-refractivity contribution in [2.45, 2.75) is 19.9 Å². The SMILES string of the molecule is Cc1ccccc1CN(CCC(=O)O)c1ccc(Cl)cc1. The van der Waals surface area contributed by atoms with Gasteiger partial charge in [-0.05, 0) is 42.3 Å². The molecule has 0 aliphatic rings. The lowest BCUT2D eigenvalue weighted by Gasteiger charge is -2.25. The lowest BCUT2D eigenvalue weighted by molar-refractivity contribution is -0.136. The first kappa shape index (κ1) is 15.4. The molecule has 0 heterocycles. The number of carboxylic acid groups (broad SMARTS) is 1. The molecule has 0 saturated carbocycles. The average molecular weight is 304 g/mol. The van der Waals surface area contributed by atoms with Crippen LogP contribution in [0.4, 0.5) is 5.69 Å². The molecule has 0 aliphatic carbocycles. The van der Waals surface area contributed by atoms with Crippen molar-refractivity contribution in [1.29, 1.82) is 0 Å². The Kier molecular flexibility index (Phi) is 5.23. The highest BCUT2D eigenvalue weighted by atomic mass is 35.5. The zero-order valence-corrected chi connectivity index (χ0v) is 12.7. The monoisotopic (exact) mass is 303 g/mol. The molecule has 0 atom stereocenters. The first-order chi connectivity index (χ1) is 10.1. The molecule has 0 bridgehead atoms. The molecule has 0 saturated heterocycles. The van der Waals surface area contributed by atoms with E-state index in [9.17, 15) is 4.79 Å². The predicted octanol–water partition coefficient (Wildman–Crippen LogP) is 4.13. The van der Waals surface area contributed by atoms with Crippen LogP contribution in [-0.4, -0.2) is 17.6 Å². The lowest BCUT2D eigenvalue weighted by Crippen LogP contribution is -2.26. The predicted molar refractivity (Wildman–Crippen MR) is 85.9 cm³/mol. The molecule has 0 amide bonds. The maximum Gasteiger partial charge on any atom is 0.305 e. The van der Waals surface area contributed by atoms with Crippen LogP contribution in [-0.2, 0) is 11.3 Å². The number of anilines is 1. The Balaban J connectivity index is 2.21. The fourth-order valence-corrected chi connectivity index (χ4v) is 2.30. The van der Waals surface area contributed by atoms with E-state index in [0.717, 1.165) is 5.69 Å². The van der Waals surface area contributed by atoms with Crippen LogP contribution >= 0.6 is 11.6 Å². The normalized spacial score (nSPS) is 10.4. The molecular formula is C17H18ClNO2. The smallest absolute Gasteiger partial charge is 0.305 e. The van der Waals surface area contributed by atoms with Crippen molar-refractivity contribution in [3.8, 4) is 0 Å². The molecule has 0 aromatic heterocycles. The van der Waals surface area contributed by atoms with Gasteiger partial charge < -0.3 is 10.0 Å². The largest absolute Gasteiger partial charge is 0.481 e. The molecule has 2 aromatic carbocycles. The van der Waals surface area contributed by atoms with Crippen molar-refractivity contribution in [2.24, 2.45) is 0 Å². The highest BCUT2D eigenvalue weighted by molar-refractivity contribution is 6.30. The maximum atomic E-state index is 10.9. The van der Waals surface area contributed by atoms with Gasteiger partial charge >= 0.3 is 5.97 Å². The van der Waals surface area contributed by atoms with Crippen molar-refractivity contribution in [3.05, 3.63) is 64.7 Å². The van der Waals surface area contributed by atoms with Gasteiger partial charge in [-0.25, -0.2) is 0 Å². The summed E-state index contributed by atoms with van der Waals surface area (Å²) in [6.07, 6.45) is 0.106. The summed E-state index contributed by atoms with van der Waals surface area (Å²) in [7, 11) is 0. The number of hydrogen-bond acceptors (Lipinski definition) is 2. The van der Waals surface area contributed by atoms with Gasteiger partial charge in [-0.2, -0.15) is 0 Å². The molecule has 0 unspecified atom stereocenters. The first-order valence-corrected chi connectivity index (χ1v) is 7.21. The number of hydrogen-bond donors (Lipinski definition) is 1. The Morgan fingerprint density at radius 3 is 2.43 bits per heavy atom. The second-order valence-electron chi connectivity index (χ2n) is 4.97. The van der Waals surface area contributed by atoms with E-state index in [0.29, 0.717) is 18.1 Å². The molecule has 0 aliphatic heterocycles. The summed E-state index contributed by atoms with van der Waals surface area (Å²) in [6.45, 7) is 3.21. The number of benzene rings is 2. The van der Waals surface area contributed by atoms with Crippen LogP contribution in [0.1, 0.15) is 17.5 Å². The van der Waals surface area contributed by atoms with Crippen molar-refractivity contribution >= 4 is 23.3 Å². The number of aliphatic carboxylic acids is 1. The third-order valence-electron chi connectivity index (χ3n) is 3.41. The molecule has 1 N–H and O–H groups in total. The van der Waals surface area contributed by atoms with Crippen molar-refractivity contribution in [1.82, 2.24) is 0 Å². The van der Waals surface area contributed by atoms with E-state index >= 15 is 0 Å². The summed E-state index contributed by atoms with van der Waals surface area (Å²) in [5.74, 6) is -0.793. The minimum Gasteiger partial charge on any atom is -0.481 e. The Labute approximate surface area is 129 Å². The van der Waals surface area contributed by atoms with Crippen molar-refractivity contribution < 1.29 is 9.90 Å². The van der Waals surface area contributed by atoms with Gasteiger partial charge in [-0.1, -0.05) is 35.9 Å². The maximum absolute atomic E-state index is 10.9. The fourth-order valence-electron chi connectivity index (χ4n) is 2.18. The third-order valence-corrected chi connectivity index (χ3v) is 3.66. The zero-order valence-electron chi connectivity index (χ0n) is 11.9. The zero-order chi connectivity index (χ0) is 15.2. The van der Waals surface area contributed by atoms with Crippen LogP contribution < -0.4 is 4.90 Å². The standard InChI is InChI=1S/C17H18ClNO2/c1-13-4-2-3-5-14(13)12-19(11-10-17(20)21)16-8-6-15(18)7-9-16/h2-9H,10-12H2,1H3,(H,20,21). The number of rotatable bonds is 6. The van der Waals surface area contributed by atoms with Crippen LogP contribution in [0.3, 0.4) is 0 Å². The van der Waals surface area contributed by atoms with E-state index in [2.05, 4.69) is 24.0 Å². The molecule has 0 radical (unpaired) electrons. The summed E-state index contributed by atoms with van der Waals surface area (Å²) >= 11 is 5.92. The van der Waals surface area contributed by atoms with Gasteiger partial charge in [0.05, 0.1) is 6.42 Å². The Morgan fingerprint density at radius 2 is 1.81 bits per heavy atom.